The number of hydrogen-bond acceptors (Lipinski definition) is 4. The second-order valence-corrected chi connectivity index (χ2v) is 9.32. The molecule has 0 amide bonds. The van der Waals surface area contributed by atoms with Crippen LogP contribution in [0.2, 0.25) is 0 Å². The first kappa shape index (κ1) is 24.0. The lowest BCUT2D eigenvalue weighted by Gasteiger charge is -2.36. The summed E-state index contributed by atoms with van der Waals surface area (Å²) in [6, 6.07) is 9.13. The Morgan fingerprint density at radius 3 is 2.32 bits per heavy atom. The average molecular weight is 430 g/mol. The number of rotatable bonds is 8. The van der Waals surface area contributed by atoms with E-state index in [4.69, 9.17) is 4.99 Å². The zero-order valence-corrected chi connectivity index (χ0v) is 19.9. The molecule has 1 aromatic rings. The molecule has 31 heavy (non-hydrogen) atoms. The maximum atomic E-state index is 9.64. The van der Waals surface area contributed by atoms with Gasteiger partial charge in [0, 0.05) is 58.9 Å². The summed E-state index contributed by atoms with van der Waals surface area (Å²) < 4.78 is 0. The number of nitrogens with one attached hydrogen (secondary N) is 1. The van der Waals surface area contributed by atoms with E-state index in [0.717, 1.165) is 90.7 Å². The third-order valence-corrected chi connectivity index (χ3v) is 6.51. The van der Waals surface area contributed by atoms with Crippen molar-refractivity contribution in [2.75, 3.05) is 58.9 Å². The van der Waals surface area contributed by atoms with Crippen LogP contribution in [0.5, 0.6) is 0 Å². The van der Waals surface area contributed by atoms with E-state index in [1.165, 1.54) is 11.1 Å². The third kappa shape index (κ3) is 7.78. The zero-order valence-electron chi connectivity index (χ0n) is 19.9. The molecular formula is C25H43N5O. The molecule has 0 saturated carbocycles. The predicted octanol–water partition coefficient (Wildman–Crippen LogP) is 2.74. The topological polar surface area (TPSA) is 54.3 Å². The number of piperidine rings is 1. The van der Waals surface area contributed by atoms with Gasteiger partial charge in [-0.3, -0.25) is 9.89 Å². The van der Waals surface area contributed by atoms with Crippen LogP contribution >= 0.6 is 0 Å². The minimum absolute atomic E-state index is 0.0901. The summed E-state index contributed by atoms with van der Waals surface area (Å²) in [5, 5.41) is 13.1. The quantitative estimate of drug-likeness (QED) is 0.378. The van der Waals surface area contributed by atoms with Gasteiger partial charge in [0.1, 0.15) is 0 Å². The maximum Gasteiger partial charge on any atom is 0.194 e. The predicted molar refractivity (Wildman–Crippen MR) is 130 cm³/mol. The molecule has 0 aromatic heterocycles. The Hall–Kier alpha value is -1.63. The largest absolute Gasteiger partial charge is 0.393 e. The molecule has 0 radical (unpaired) electrons. The molecule has 0 spiro atoms. The van der Waals surface area contributed by atoms with Gasteiger partial charge in [-0.15, -0.1) is 0 Å². The highest BCUT2D eigenvalue weighted by Gasteiger charge is 2.20. The van der Waals surface area contributed by atoms with E-state index in [-0.39, 0.29) is 6.10 Å². The van der Waals surface area contributed by atoms with Crippen molar-refractivity contribution in [2.45, 2.75) is 58.6 Å². The van der Waals surface area contributed by atoms with Crippen LogP contribution in [0.15, 0.2) is 29.3 Å². The van der Waals surface area contributed by atoms with E-state index < -0.39 is 0 Å². The molecule has 2 N–H and O–H groups in total. The van der Waals surface area contributed by atoms with Crippen LogP contribution in [-0.2, 0) is 6.54 Å². The van der Waals surface area contributed by atoms with Crippen molar-refractivity contribution in [1.29, 1.82) is 0 Å². The van der Waals surface area contributed by atoms with E-state index >= 15 is 0 Å². The van der Waals surface area contributed by atoms with Gasteiger partial charge in [-0.2, -0.15) is 0 Å². The van der Waals surface area contributed by atoms with Crippen molar-refractivity contribution in [3.05, 3.63) is 35.4 Å². The van der Waals surface area contributed by atoms with Crippen LogP contribution in [0.25, 0.3) is 0 Å². The summed E-state index contributed by atoms with van der Waals surface area (Å²) in [7, 11) is 0. The fourth-order valence-electron chi connectivity index (χ4n) is 4.43. The summed E-state index contributed by atoms with van der Waals surface area (Å²) in [5.41, 5.74) is 2.82. The second-order valence-electron chi connectivity index (χ2n) is 9.32. The second kappa shape index (κ2) is 12.4. The Labute approximate surface area is 189 Å². The fraction of sp³-hybridized carbons (Fsp3) is 0.720. The lowest BCUT2D eigenvalue weighted by molar-refractivity contribution is 0.0824. The zero-order chi connectivity index (χ0) is 22.1. The third-order valence-electron chi connectivity index (χ3n) is 6.51. The molecule has 2 aliphatic heterocycles. The van der Waals surface area contributed by atoms with Gasteiger partial charge in [0.25, 0.3) is 0 Å². The summed E-state index contributed by atoms with van der Waals surface area (Å²) in [4.78, 5) is 12.3. The fourth-order valence-corrected chi connectivity index (χ4v) is 4.43. The van der Waals surface area contributed by atoms with Gasteiger partial charge in [-0.1, -0.05) is 38.1 Å². The lowest BCUT2D eigenvalue weighted by atomic mass is 10.0. The Kier molecular flexibility index (Phi) is 9.62. The maximum absolute atomic E-state index is 9.64. The molecule has 6 heteroatoms. The number of benzene rings is 1. The van der Waals surface area contributed by atoms with Crippen molar-refractivity contribution in [2.24, 2.45) is 4.99 Å². The Balaban J connectivity index is 1.41. The van der Waals surface area contributed by atoms with E-state index in [1.54, 1.807) is 0 Å². The lowest BCUT2D eigenvalue weighted by Crippen LogP contribution is -2.52. The van der Waals surface area contributed by atoms with Gasteiger partial charge in [0.15, 0.2) is 5.96 Å². The normalized spacial score (nSPS) is 19.9. The van der Waals surface area contributed by atoms with E-state index in [0.29, 0.717) is 5.92 Å². The van der Waals surface area contributed by atoms with Crippen molar-refractivity contribution >= 4 is 5.96 Å². The number of aliphatic hydroxyl groups excluding tert-OH is 1. The minimum atomic E-state index is -0.0901. The summed E-state index contributed by atoms with van der Waals surface area (Å²) in [5.74, 6) is 1.66. The van der Waals surface area contributed by atoms with Crippen molar-refractivity contribution in [3.63, 3.8) is 0 Å². The van der Waals surface area contributed by atoms with Crippen LogP contribution < -0.4 is 5.32 Å². The number of aliphatic hydroxyl groups is 1. The highest BCUT2D eigenvalue weighted by molar-refractivity contribution is 5.80. The molecule has 174 valence electrons. The first-order valence-electron chi connectivity index (χ1n) is 12.3. The molecule has 0 aliphatic carbocycles. The van der Waals surface area contributed by atoms with Gasteiger partial charge in [-0.25, -0.2) is 0 Å². The van der Waals surface area contributed by atoms with E-state index in [2.05, 4.69) is 65.1 Å². The number of likely N-dealkylation sites (tertiary alicyclic amines) is 1. The van der Waals surface area contributed by atoms with E-state index in [9.17, 15) is 5.11 Å². The number of aliphatic imine (C=N–C) groups is 1. The average Bonchev–Trinajstić information content (AvgIpc) is 2.78. The Morgan fingerprint density at radius 2 is 1.71 bits per heavy atom. The van der Waals surface area contributed by atoms with Crippen molar-refractivity contribution < 1.29 is 5.11 Å². The molecule has 0 bridgehead atoms. The highest BCUT2D eigenvalue weighted by Crippen LogP contribution is 2.16. The van der Waals surface area contributed by atoms with Crippen molar-refractivity contribution in [3.8, 4) is 0 Å². The highest BCUT2D eigenvalue weighted by atomic mass is 16.3. The smallest absolute Gasteiger partial charge is 0.194 e. The summed E-state index contributed by atoms with van der Waals surface area (Å²) in [6.45, 7) is 16.8. The molecule has 0 unspecified atom stereocenters. The van der Waals surface area contributed by atoms with Crippen LogP contribution in [-0.4, -0.2) is 90.8 Å². The molecule has 2 heterocycles. The molecule has 3 rings (SSSR count). The van der Waals surface area contributed by atoms with Gasteiger partial charge >= 0.3 is 0 Å². The van der Waals surface area contributed by atoms with Crippen LogP contribution in [0.4, 0.5) is 0 Å². The van der Waals surface area contributed by atoms with Gasteiger partial charge < -0.3 is 20.2 Å². The number of nitrogens with zero attached hydrogens (tertiary/aromatic N) is 4. The first-order chi connectivity index (χ1) is 15.0. The van der Waals surface area contributed by atoms with Crippen molar-refractivity contribution in [1.82, 2.24) is 20.0 Å². The Bertz CT molecular complexity index is 659. The molecule has 2 aliphatic rings. The molecule has 2 fully saturated rings. The molecule has 0 atom stereocenters. The van der Waals surface area contributed by atoms with Gasteiger partial charge in [0.2, 0.25) is 0 Å². The molecule has 2 saturated heterocycles. The van der Waals surface area contributed by atoms with Gasteiger partial charge in [0.05, 0.1) is 6.10 Å². The first-order valence-corrected chi connectivity index (χ1v) is 12.3. The minimum Gasteiger partial charge on any atom is -0.393 e. The van der Waals surface area contributed by atoms with Gasteiger partial charge in [-0.05, 0) is 49.8 Å². The van der Waals surface area contributed by atoms with E-state index in [1.807, 2.05) is 0 Å². The molecule has 1 aromatic carbocycles. The molecular weight excluding hydrogens is 386 g/mol. The Morgan fingerprint density at radius 1 is 1.03 bits per heavy atom. The van der Waals surface area contributed by atoms with Crippen LogP contribution in [0, 0.1) is 0 Å². The molecule has 6 nitrogen and oxygen atoms in total. The SMILES string of the molecule is CCNC(=NCCCN1CCC(O)CC1)N1CCN(Cc2ccc(C(C)C)cc2)CC1. The summed E-state index contributed by atoms with van der Waals surface area (Å²) in [6.07, 6.45) is 2.82. The van der Waals surface area contributed by atoms with Crippen LogP contribution in [0.3, 0.4) is 0 Å². The number of piperazine rings is 1. The monoisotopic (exact) mass is 429 g/mol. The number of hydrogen-bond donors (Lipinski definition) is 2. The van der Waals surface area contributed by atoms with Crippen LogP contribution in [0.1, 0.15) is 57.1 Å². The standard InChI is InChI=1S/C25H43N5O/c1-4-26-25(27-12-5-13-28-14-10-24(31)11-15-28)30-18-16-29(17-19-30)20-22-6-8-23(9-7-22)21(2)3/h6-9,21,24,31H,4-5,10-20H2,1-3H3,(H,26,27). The summed E-state index contributed by atoms with van der Waals surface area (Å²) >= 11 is 0. The number of guanidine groups is 1.